The minimum Gasteiger partial charge on any atom is -0.458 e. The Morgan fingerprint density at radius 1 is 1.11 bits per heavy atom. The van der Waals surface area contributed by atoms with Gasteiger partial charge in [-0.05, 0) is 85.9 Å². The minimum atomic E-state index is -0.892. The molecule has 0 saturated heterocycles. The van der Waals surface area contributed by atoms with E-state index in [1.54, 1.807) is 0 Å². The first-order valence-corrected chi connectivity index (χ1v) is 11.1. The van der Waals surface area contributed by atoms with Gasteiger partial charge in [0, 0.05) is 12.8 Å². The molecule has 4 fully saturated rings. The molecule has 4 rings (SSSR count). The molecule has 0 bridgehead atoms. The average molecular weight is 395 g/mol. The van der Waals surface area contributed by atoms with E-state index in [1.165, 1.54) is 6.92 Å². The quantitative estimate of drug-likeness (QED) is 0.733. The van der Waals surface area contributed by atoms with Gasteiger partial charge in [0.15, 0.2) is 5.78 Å². The van der Waals surface area contributed by atoms with Crippen molar-refractivity contribution in [3.05, 3.63) is 0 Å². The number of rotatable bonds is 3. The minimum absolute atomic E-state index is 0.0251. The maximum Gasteiger partial charge on any atom is 0.303 e. The average Bonchev–Trinajstić information content (AvgIpc) is 2.96. The molecule has 4 saturated carbocycles. The lowest BCUT2D eigenvalue weighted by Gasteiger charge is -2.61. The molecule has 4 aliphatic carbocycles. The highest BCUT2D eigenvalue weighted by molar-refractivity contribution is 5.85. The van der Waals surface area contributed by atoms with Crippen LogP contribution in [0.5, 0.6) is 0 Å². The maximum absolute atomic E-state index is 15.8. The third kappa shape index (κ3) is 3.03. The molecule has 0 heterocycles. The fourth-order valence-corrected chi connectivity index (χ4v) is 8.09. The van der Waals surface area contributed by atoms with Crippen molar-refractivity contribution in [3.8, 4) is 0 Å². The van der Waals surface area contributed by atoms with Crippen molar-refractivity contribution in [1.29, 1.82) is 0 Å². The smallest absolute Gasteiger partial charge is 0.303 e. The third-order valence-electron chi connectivity index (χ3n) is 9.33. The Labute approximate surface area is 167 Å². The van der Waals surface area contributed by atoms with Crippen LogP contribution >= 0.6 is 0 Å². The van der Waals surface area contributed by atoms with E-state index in [9.17, 15) is 14.7 Å². The van der Waals surface area contributed by atoms with E-state index in [0.29, 0.717) is 24.2 Å². The Morgan fingerprint density at radius 3 is 2.57 bits per heavy atom. The first kappa shape index (κ1) is 20.3. The van der Waals surface area contributed by atoms with E-state index in [-0.39, 0.29) is 41.2 Å². The molecule has 0 aromatic heterocycles. The van der Waals surface area contributed by atoms with Gasteiger partial charge in [0.05, 0.1) is 6.10 Å². The summed E-state index contributed by atoms with van der Waals surface area (Å²) in [7, 11) is 0. The standard InChI is InChI=1S/C23H35FO4/c1-13(25)28-12-20(27)18-7-6-17-16-5-4-14-10-15(26)8-9-22(14,2)21(16)19(24)11-23(17,18)3/h14-19,21,26H,4-12H2,1-3H3/t14-,15+,16+,17+,18-,19-,21-,22+,23+/m1/s1. The lowest BCUT2D eigenvalue weighted by molar-refractivity contribution is -0.164. The summed E-state index contributed by atoms with van der Waals surface area (Å²) in [6.45, 7) is 5.53. The number of halogens is 1. The number of fused-ring (bicyclic) bond motifs is 5. The van der Waals surface area contributed by atoms with Gasteiger partial charge in [-0.1, -0.05) is 13.8 Å². The lowest BCUT2D eigenvalue weighted by Crippen LogP contribution is -2.58. The Bertz CT molecular complexity index is 651. The summed E-state index contributed by atoms with van der Waals surface area (Å²) in [4.78, 5) is 23.9. The molecule has 0 aliphatic heterocycles. The van der Waals surface area contributed by atoms with Crippen LogP contribution in [-0.4, -0.2) is 35.7 Å². The number of hydrogen-bond acceptors (Lipinski definition) is 4. The summed E-state index contributed by atoms with van der Waals surface area (Å²) in [6, 6.07) is 0. The van der Waals surface area contributed by atoms with Crippen LogP contribution in [0.3, 0.4) is 0 Å². The van der Waals surface area contributed by atoms with E-state index in [0.717, 1.165) is 44.9 Å². The number of carbonyl (C=O) groups excluding carboxylic acids is 2. The molecule has 0 amide bonds. The van der Waals surface area contributed by atoms with E-state index >= 15 is 4.39 Å². The summed E-state index contributed by atoms with van der Waals surface area (Å²) in [5, 5.41) is 10.1. The molecule has 5 heteroatoms. The van der Waals surface area contributed by atoms with Crippen LogP contribution < -0.4 is 0 Å². The zero-order chi connectivity index (χ0) is 20.3. The van der Waals surface area contributed by atoms with Gasteiger partial charge in [0.25, 0.3) is 0 Å². The molecular formula is C23H35FO4. The number of esters is 1. The van der Waals surface area contributed by atoms with Crippen molar-refractivity contribution >= 4 is 11.8 Å². The molecule has 9 atom stereocenters. The fourth-order valence-electron chi connectivity index (χ4n) is 8.09. The van der Waals surface area contributed by atoms with Crippen molar-refractivity contribution < 1.29 is 23.8 Å². The van der Waals surface area contributed by atoms with Crippen LogP contribution in [0.15, 0.2) is 0 Å². The second-order valence-electron chi connectivity index (χ2n) is 10.6. The van der Waals surface area contributed by atoms with Crippen LogP contribution in [0.1, 0.15) is 72.1 Å². The van der Waals surface area contributed by atoms with Gasteiger partial charge in [0.2, 0.25) is 0 Å². The Morgan fingerprint density at radius 2 is 1.86 bits per heavy atom. The maximum atomic E-state index is 15.8. The van der Waals surface area contributed by atoms with Crippen molar-refractivity contribution in [1.82, 2.24) is 0 Å². The Hall–Kier alpha value is -0.970. The number of hydrogen-bond donors (Lipinski definition) is 1. The van der Waals surface area contributed by atoms with Gasteiger partial charge in [-0.3, -0.25) is 9.59 Å². The molecule has 1 N–H and O–H groups in total. The molecule has 0 aromatic carbocycles. The SMILES string of the molecule is CC(=O)OCC(=O)[C@H]1CC[C@H]2[C@@H]3CC[C@@H]4C[C@@H](O)CC[C@]4(C)[C@H]3[C@H](F)C[C@]12C. The highest BCUT2D eigenvalue weighted by Crippen LogP contribution is 2.68. The van der Waals surface area contributed by atoms with Gasteiger partial charge >= 0.3 is 5.97 Å². The summed E-state index contributed by atoms with van der Waals surface area (Å²) >= 11 is 0. The van der Waals surface area contributed by atoms with Crippen LogP contribution in [-0.2, 0) is 14.3 Å². The van der Waals surface area contributed by atoms with Crippen molar-refractivity contribution in [2.75, 3.05) is 6.61 Å². The monoisotopic (exact) mass is 394 g/mol. The summed E-state index contributed by atoms with van der Waals surface area (Å²) in [5.74, 6) is 0.506. The molecule has 158 valence electrons. The van der Waals surface area contributed by atoms with Crippen LogP contribution in [0.2, 0.25) is 0 Å². The highest BCUT2D eigenvalue weighted by Gasteiger charge is 2.64. The molecule has 4 aliphatic rings. The first-order chi connectivity index (χ1) is 13.2. The molecular weight excluding hydrogens is 359 g/mol. The number of ketones is 1. The van der Waals surface area contributed by atoms with Crippen molar-refractivity contribution in [2.24, 2.45) is 40.4 Å². The van der Waals surface area contributed by atoms with Gasteiger partial charge < -0.3 is 9.84 Å². The summed E-state index contributed by atoms with van der Waals surface area (Å²) < 4.78 is 20.8. The zero-order valence-corrected chi connectivity index (χ0v) is 17.5. The molecule has 0 aromatic rings. The number of aliphatic hydroxyl groups is 1. The number of carbonyl (C=O) groups is 2. The predicted molar refractivity (Wildman–Crippen MR) is 103 cm³/mol. The van der Waals surface area contributed by atoms with Crippen molar-refractivity contribution in [3.63, 3.8) is 0 Å². The third-order valence-corrected chi connectivity index (χ3v) is 9.33. The van der Waals surface area contributed by atoms with E-state index in [4.69, 9.17) is 4.74 Å². The molecule has 0 unspecified atom stereocenters. The van der Waals surface area contributed by atoms with E-state index in [2.05, 4.69) is 13.8 Å². The van der Waals surface area contributed by atoms with Gasteiger partial charge in [0.1, 0.15) is 12.8 Å². The molecule has 0 spiro atoms. The number of alkyl halides is 1. The van der Waals surface area contributed by atoms with Crippen LogP contribution in [0.25, 0.3) is 0 Å². The largest absolute Gasteiger partial charge is 0.458 e. The number of ether oxygens (including phenoxy) is 1. The van der Waals surface area contributed by atoms with Gasteiger partial charge in [-0.25, -0.2) is 4.39 Å². The zero-order valence-electron chi connectivity index (χ0n) is 17.5. The molecule has 0 radical (unpaired) electrons. The number of Topliss-reactive ketones (excluding diaryl/α,β-unsaturated/α-hetero) is 1. The second-order valence-corrected chi connectivity index (χ2v) is 10.6. The highest BCUT2D eigenvalue weighted by atomic mass is 19.1. The lowest BCUT2D eigenvalue weighted by atomic mass is 9.44. The molecule has 4 nitrogen and oxygen atoms in total. The van der Waals surface area contributed by atoms with Crippen LogP contribution in [0, 0.1) is 40.4 Å². The van der Waals surface area contributed by atoms with Gasteiger partial charge in [-0.2, -0.15) is 0 Å². The topological polar surface area (TPSA) is 63.6 Å². The molecule has 28 heavy (non-hydrogen) atoms. The number of aliphatic hydroxyl groups excluding tert-OH is 1. The van der Waals surface area contributed by atoms with Crippen molar-refractivity contribution in [2.45, 2.75) is 84.4 Å². The van der Waals surface area contributed by atoms with E-state index < -0.39 is 12.1 Å². The van der Waals surface area contributed by atoms with E-state index in [1.807, 2.05) is 0 Å². The first-order valence-electron chi connectivity index (χ1n) is 11.1. The van der Waals surface area contributed by atoms with Crippen LogP contribution in [0.4, 0.5) is 4.39 Å². The Kier molecular flexibility index (Phi) is 5.13. The normalized spacial score (nSPS) is 50.2. The Balaban J connectivity index is 1.57. The predicted octanol–water partition coefficient (Wildman–Crippen LogP) is 4.09. The second kappa shape index (κ2) is 7.07. The fraction of sp³-hybridized carbons (Fsp3) is 0.913. The van der Waals surface area contributed by atoms with Gasteiger partial charge in [-0.15, -0.1) is 0 Å². The summed E-state index contributed by atoms with van der Waals surface area (Å²) in [6.07, 6.45) is 5.70. The summed E-state index contributed by atoms with van der Waals surface area (Å²) in [5.41, 5.74) is -0.349.